The fourth-order valence-electron chi connectivity index (χ4n) is 2.94. The Morgan fingerprint density at radius 2 is 1.86 bits per heavy atom. The molecule has 1 aliphatic heterocycles. The Balaban J connectivity index is 1.91. The summed E-state index contributed by atoms with van der Waals surface area (Å²) in [6.07, 6.45) is 3.42. The van der Waals surface area contributed by atoms with Crippen LogP contribution < -0.4 is 5.73 Å². The number of likely N-dealkylation sites (tertiary alicyclic amines) is 1. The van der Waals surface area contributed by atoms with Crippen LogP contribution in [0.1, 0.15) is 30.4 Å². The number of nitrogens with two attached hydrogens (primary N) is 1. The van der Waals surface area contributed by atoms with Crippen LogP contribution in [0.2, 0.25) is 0 Å². The van der Waals surface area contributed by atoms with Crippen molar-refractivity contribution in [3.05, 3.63) is 23.3 Å². The van der Waals surface area contributed by atoms with Crippen molar-refractivity contribution in [1.29, 1.82) is 0 Å². The summed E-state index contributed by atoms with van der Waals surface area (Å²) >= 11 is 0. The second-order valence-corrected chi connectivity index (χ2v) is 5.92. The van der Waals surface area contributed by atoms with Crippen molar-refractivity contribution in [3.8, 4) is 0 Å². The molecule has 2 N–H and O–H groups in total. The van der Waals surface area contributed by atoms with Crippen LogP contribution in [0.4, 0.5) is 5.95 Å². The summed E-state index contributed by atoms with van der Waals surface area (Å²) in [4.78, 5) is 18.8. The van der Waals surface area contributed by atoms with E-state index in [1.54, 1.807) is 0 Å². The third kappa shape index (κ3) is 2.60. The number of nitrogen functional groups attached to an aromatic ring is 1. The van der Waals surface area contributed by atoms with Crippen molar-refractivity contribution >= 4 is 22.9 Å². The largest absolute Gasteiger partial charge is 0.369 e. The molecule has 3 rings (SSSR count). The van der Waals surface area contributed by atoms with Crippen LogP contribution in [-0.2, 0) is 11.3 Å². The summed E-state index contributed by atoms with van der Waals surface area (Å²) in [5, 5.41) is 0. The normalized spacial score (nSPS) is 15.6. The SMILES string of the molecule is Cc1cc2nc(N)n(CC(=O)N3CCCCC3)c2cc1C. The van der Waals surface area contributed by atoms with Gasteiger partial charge in [-0.3, -0.25) is 4.79 Å². The molecule has 1 amide bonds. The molecule has 5 nitrogen and oxygen atoms in total. The summed E-state index contributed by atoms with van der Waals surface area (Å²) in [6.45, 7) is 6.13. The number of hydrogen-bond donors (Lipinski definition) is 1. The molecule has 1 fully saturated rings. The van der Waals surface area contributed by atoms with Gasteiger partial charge in [0.1, 0.15) is 6.54 Å². The fourth-order valence-corrected chi connectivity index (χ4v) is 2.94. The number of fused-ring (bicyclic) bond motifs is 1. The van der Waals surface area contributed by atoms with Gasteiger partial charge in [0.25, 0.3) is 0 Å². The van der Waals surface area contributed by atoms with Crippen LogP contribution in [0.25, 0.3) is 11.0 Å². The molecule has 112 valence electrons. The molecule has 1 aromatic carbocycles. The molecule has 0 bridgehead atoms. The van der Waals surface area contributed by atoms with Gasteiger partial charge in [-0.05, 0) is 56.4 Å². The molecule has 0 spiro atoms. The van der Waals surface area contributed by atoms with Gasteiger partial charge in [-0.2, -0.15) is 0 Å². The number of hydrogen-bond acceptors (Lipinski definition) is 3. The average Bonchev–Trinajstić information content (AvgIpc) is 2.76. The average molecular weight is 286 g/mol. The fraction of sp³-hybridized carbons (Fsp3) is 0.500. The van der Waals surface area contributed by atoms with Crippen LogP contribution in [0.15, 0.2) is 12.1 Å². The lowest BCUT2D eigenvalue weighted by molar-refractivity contribution is -0.132. The van der Waals surface area contributed by atoms with E-state index >= 15 is 0 Å². The zero-order valence-electron chi connectivity index (χ0n) is 12.7. The van der Waals surface area contributed by atoms with E-state index in [0.717, 1.165) is 37.0 Å². The molecule has 1 aliphatic rings. The number of imidazole rings is 1. The number of aryl methyl sites for hydroxylation is 2. The lowest BCUT2D eigenvalue weighted by Gasteiger charge is -2.27. The third-order valence-electron chi connectivity index (χ3n) is 4.40. The van der Waals surface area contributed by atoms with Crippen molar-refractivity contribution in [1.82, 2.24) is 14.5 Å². The van der Waals surface area contributed by atoms with Gasteiger partial charge in [-0.1, -0.05) is 0 Å². The first kappa shape index (κ1) is 13.9. The second-order valence-electron chi connectivity index (χ2n) is 5.92. The molecule has 1 saturated heterocycles. The maximum Gasteiger partial charge on any atom is 0.242 e. The Hall–Kier alpha value is -2.04. The van der Waals surface area contributed by atoms with E-state index in [-0.39, 0.29) is 12.5 Å². The molecule has 2 heterocycles. The highest BCUT2D eigenvalue weighted by molar-refractivity contribution is 5.84. The highest BCUT2D eigenvalue weighted by Crippen LogP contribution is 2.22. The van der Waals surface area contributed by atoms with Crippen molar-refractivity contribution in [2.75, 3.05) is 18.8 Å². The summed E-state index contributed by atoms with van der Waals surface area (Å²) in [7, 11) is 0. The van der Waals surface area contributed by atoms with Gasteiger partial charge >= 0.3 is 0 Å². The van der Waals surface area contributed by atoms with E-state index in [0.29, 0.717) is 5.95 Å². The number of benzene rings is 1. The van der Waals surface area contributed by atoms with Gasteiger partial charge < -0.3 is 15.2 Å². The third-order valence-corrected chi connectivity index (χ3v) is 4.40. The quantitative estimate of drug-likeness (QED) is 0.921. The minimum Gasteiger partial charge on any atom is -0.369 e. The number of carbonyl (C=O) groups is 1. The lowest BCUT2D eigenvalue weighted by atomic mass is 10.1. The summed E-state index contributed by atoms with van der Waals surface area (Å²) < 4.78 is 1.83. The van der Waals surface area contributed by atoms with Crippen molar-refractivity contribution < 1.29 is 4.79 Å². The Kier molecular flexibility index (Phi) is 3.57. The topological polar surface area (TPSA) is 64.1 Å². The number of aromatic nitrogens is 2. The molecule has 21 heavy (non-hydrogen) atoms. The zero-order valence-corrected chi connectivity index (χ0v) is 12.7. The van der Waals surface area contributed by atoms with Crippen LogP contribution in [-0.4, -0.2) is 33.4 Å². The Morgan fingerprint density at radius 3 is 2.57 bits per heavy atom. The summed E-state index contributed by atoms with van der Waals surface area (Å²) in [5.74, 6) is 0.555. The number of anilines is 1. The van der Waals surface area contributed by atoms with Crippen LogP contribution >= 0.6 is 0 Å². The minimum atomic E-state index is 0.138. The van der Waals surface area contributed by atoms with Crippen molar-refractivity contribution in [2.24, 2.45) is 0 Å². The zero-order chi connectivity index (χ0) is 15.0. The Morgan fingerprint density at radius 1 is 1.19 bits per heavy atom. The van der Waals surface area contributed by atoms with Gasteiger partial charge in [0.2, 0.25) is 11.9 Å². The van der Waals surface area contributed by atoms with Gasteiger partial charge in [0, 0.05) is 13.1 Å². The molecule has 0 saturated carbocycles. The van der Waals surface area contributed by atoms with Gasteiger partial charge in [0.05, 0.1) is 11.0 Å². The first-order valence-electron chi connectivity index (χ1n) is 7.57. The van der Waals surface area contributed by atoms with Gasteiger partial charge in [-0.25, -0.2) is 4.98 Å². The molecule has 0 aliphatic carbocycles. The molecule has 5 heteroatoms. The maximum atomic E-state index is 12.4. The standard InChI is InChI=1S/C16H22N4O/c1-11-8-13-14(9-12(11)2)20(16(17)18-13)10-15(21)19-6-4-3-5-7-19/h8-9H,3-7,10H2,1-2H3,(H2,17,18). The van der Waals surface area contributed by atoms with Gasteiger partial charge in [0.15, 0.2) is 0 Å². The highest BCUT2D eigenvalue weighted by Gasteiger charge is 2.19. The van der Waals surface area contributed by atoms with Crippen molar-refractivity contribution in [2.45, 2.75) is 39.7 Å². The number of carbonyl (C=O) groups excluding carboxylic acids is 1. The Bertz CT molecular complexity index is 683. The molecule has 0 atom stereocenters. The highest BCUT2D eigenvalue weighted by atomic mass is 16.2. The summed E-state index contributed by atoms with van der Waals surface area (Å²) in [5.41, 5.74) is 10.2. The molecule has 1 aromatic heterocycles. The smallest absolute Gasteiger partial charge is 0.242 e. The number of amides is 1. The molecule has 0 radical (unpaired) electrons. The Labute approximate surface area is 124 Å². The second kappa shape index (κ2) is 5.39. The lowest BCUT2D eigenvalue weighted by Crippen LogP contribution is -2.37. The van der Waals surface area contributed by atoms with E-state index in [9.17, 15) is 4.79 Å². The van der Waals surface area contributed by atoms with E-state index < -0.39 is 0 Å². The van der Waals surface area contributed by atoms with Crippen LogP contribution in [0.5, 0.6) is 0 Å². The van der Waals surface area contributed by atoms with E-state index in [2.05, 4.69) is 24.9 Å². The van der Waals surface area contributed by atoms with Crippen LogP contribution in [0.3, 0.4) is 0 Å². The summed E-state index contributed by atoms with van der Waals surface area (Å²) in [6, 6.07) is 4.10. The molecular weight excluding hydrogens is 264 g/mol. The first-order valence-corrected chi connectivity index (χ1v) is 7.57. The maximum absolute atomic E-state index is 12.4. The predicted molar refractivity (Wildman–Crippen MR) is 84.1 cm³/mol. The van der Waals surface area contributed by atoms with Gasteiger partial charge in [-0.15, -0.1) is 0 Å². The predicted octanol–water partition coefficient (Wildman–Crippen LogP) is 2.25. The van der Waals surface area contributed by atoms with Crippen molar-refractivity contribution in [3.63, 3.8) is 0 Å². The monoisotopic (exact) mass is 286 g/mol. The van der Waals surface area contributed by atoms with Crippen LogP contribution in [0, 0.1) is 13.8 Å². The molecular formula is C16H22N4O. The molecule has 0 unspecified atom stereocenters. The number of rotatable bonds is 2. The van der Waals surface area contributed by atoms with E-state index in [4.69, 9.17) is 5.73 Å². The number of piperidine rings is 1. The number of nitrogens with zero attached hydrogens (tertiary/aromatic N) is 3. The van der Waals surface area contributed by atoms with E-state index in [1.807, 2.05) is 15.5 Å². The molecule has 2 aromatic rings. The van der Waals surface area contributed by atoms with E-state index in [1.165, 1.54) is 17.5 Å². The minimum absolute atomic E-state index is 0.138. The first-order chi connectivity index (χ1) is 10.1.